The van der Waals surface area contributed by atoms with E-state index in [1.807, 2.05) is 0 Å². The van der Waals surface area contributed by atoms with Gasteiger partial charge in [-0.15, -0.1) is 0 Å². The summed E-state index contributed by atoms with van der Waals surface area (Å²) in [6.45, 7) is 0.0974. The lowest BCUT2D eigenvalue weighted by Crippen LogP contribution is -2.32. The van der Waals surface area contributed by atoms with Crippen LogP contribution in [0.4, 0.5) is 10.1 Å². The molecule has 2 amide bonds. The zero-order valence-electron chi connectivity index (χ0n) is 17.6. The molecule has 0 unspecified atom stereocenters. The molecule has 1 aliphatic heterocycles. The summed E-state index contributed by atoms with van der Waals surface area (Å²) in [5.41, 5.74) is 2.18. The normalized spacial score (nSPS) is 13.5. The fraction of sp³-hybridized carbons (Fsp3) is 0.120. The number of nitrogens with zero attached hydrogens (tertiary/aromatic N) is 1. The lowest BCUT2D eigenvalue weighted by molar-refractivity contribution is -0.137. The summed E-state index contributed by atoms with van der Waals surface area (Å²) >= 11 is 0. The predicted octanol–water partition coefficient (Wildman–Crippen LogP) is 4.24. The summed E-state index contributed by atoms with van der Waals surface area (Å²) in [5, 5.41) is 3.07. The van der Waals surface area contributed by atoms with Crippen molar-refractivity contribution in [2.45, 2.75) is 6.54 Å². The number of benzene rings is 3. The van der Waals surface area contributed by atoms with Gasteiger partial charge in [-0.25, -0.2) is 4.39 Å². The molecule has 7 heteroatoms. The van der Waals surface area contributed by atoms with Crippen molar-refractivity contribution >= 4 is 23.1 Å². The Morgan fingerprint density at radius 3 is 1.91 bits per heavy atom. The summed E-state index contributed by atoms with van der Waals surface area (Å²) in [7, 11) is 3.13. The summed E-state index contributed by atoms with van der Waals surface area (Å²) in [5.74, 6) is 0.0123. The third-order valence-electron chi connectivity index (χ3n) is 5.16. The molecule has 0 radical (unpaired) electrons. The fourth-order valence-corrected chi connectivity index (χ4v) is 3.45. The largest absolute Gasteiger partial charge is 0.497 e. The SMILES string of the molecule is COc1ccc(CN2C(=O)C(Nc3ccc(OC)cc3)=C(c3ccc(F)cc3)C2=O)cc1. The van der Waals surface area contributed by atoms with Crippen LogP contribution < -0.4 is 14.8 Å². The van der Waals surface area contributed by atoms with Crippen LogP contribution in [0.5, 0.6) is 11.5 Å². The number of rotatable bonds is 7. The second kappa shape index (κ2) is 8.93. The van der Waals surface area contributed by atoms with Crippen molar-refractivity contribution in [3.05, 3.63) is 95.4 Å². The van der Waals surface area contributed by atoms with Gasteiger partial charge in [0.05, 0.1) is 26.3 Å². The number of carbonyl (C=O) groups is 2. The van der Waals surface area contributed by atoms with Crippen LogP contribution in [-0.2, 0) is 16.1 Å². The van der Waals surface area contributed by atoms with Gasteiger partial charge in [-0.05, 0) is 59.7 Å². The highest BCUT2D eigenvalue weighted by atomic mass is 19.1. The topological polar surface area (TPSA) is 67.9 Å². The minimum absolute atomic E-state index is 0.0974. The summed E-state index contributed by atoms with van der Waals surface area (Å²) in [6.07, 6.45) is 0. The Labute approximate surface area is 184 Å². The minimum Gasteiger partial charge on any atom is -0.497 e. The van der Waals surface area contributed by atoms with Crippen LogP contribution in [0.2, 0.25) is 0 Å². The number of halogens is 1. The van der Waals surface area contributed by atoms with E-state index in [1.165, 1.54) is 29.2 Å². The van der Waals surface area contributed by atoms with Crippen LogP contribution in [-0.4, -0.2) is 30.9 Å². The van der Waals surface area contributed by atoms with Crippen LogP contribution in [0.15, 0.2) is 78.5 Å². The first-order chi connectivity index (χ1) is 15.5. The van der Waals surface area contributed by atoms with Crippen molar-refractivity contribution < 1.29 is 23.5 Å². The number of carbonyl (C=O) groups excluding carboxylic acids is 2. The molecule has 0 bridgehead atoms. The molecule has 3 aromatic rings. The number of anilines is 1. The Balaban J connectivity index is 1.69. The molecule has 0 aliphatic carbocycles. The van der Waals surface area contributed by atoms with Gasteiger partial charge < -0.3 is 14.8 Å². The highest BCUT2D eigenvalue weighted by Crippen LogP contribution is 2.32. The van der Waals surface area contributed by atoms with Crippen molar-refractivity contribution in [2.75, 3.05) is 19.5 Å². The molecule has 1 N–H and O–H groups in total. The molecule has 6 nitrogen and oxygen atoms in total. The van der Waals surface area contributed by atoms with Gasteiger partial charge in [-0.1, -0.05) is 24.3 Å². The quantitative estimate of drug-likeness (QED) is 0.566. The van der Waals surface area contributed by atoms with Gasteiger partial charge in [0.1, 0.15) is 23.0 Å². The first-order valence-corrected chi connectivity index (χ1v) is 9.90. The molecule has 0 saturated heterocycles. The van der Waals surface area contributed by atoms with E-state index in [-0.39, 0.29) is 17.8 Å². The highest BCUT2D eigenvalue weighted by Gasteiger charge is 2.39. The van der Waals surface area contributed by atoms with E-state index in [0.717, 1.165) is 5.56 Å². The minimum atomic E-state index is -0.457. The molecule has 1 heterocycles. The number of nitrogens with one attached hydrogen (secondary N) is 1. The third kappa shape index (κ3) is 4.18. The smallest absolute Gasteiger partial charge is 0.278 e. The van der Waals surface area contributed by atoms with E-state index in [0.29, 0.717) is 22.7 Å². The van der Waals surface area contributed by atoms with E-state index in [1.54, 1.807) is 62.8 Å². The fourth-order valence-electron chi connectivity index (χ4n) is 3.45. The maximum absolute atomic E-state index is 13.5. The van der Waals surface area contributed by atoms with Crippen molar-refractivity contribution in [3.63, 3.8) is 0 Å². The zero-order chi connectivity index (χ0) is 22.7. The Morgan fingerprint density at radius 2 is 1.34 bits per heavy atom. The van der Waals surface area contributed by atoms with Crippen molar-refractivity contribution in [1.29, 1.82) is 0 Å². The molecule has 0 fully saturated rings. The molecule has 0 spiro atoms. The molecule has 0 atom stereocenters. The Hall–Kier alpha value is -4.13. The number of hydrogen-bond donors (Lipinski definition) is 1. The van der Waals surface area contributed by atoms with Crippen LogP contribution in [0.1, 0.15) is 11.1 Å². The molecule has 0 aromatic heterocycles. The monoisotopic (exact) mass is 432 g/mol. The van der Waals surface area contributed by atoms with Crippen LogP contribution in [0.25, 0.3) is 5.57 Å². The number of imide groups is 1. The lowest BCUT2D eigenvalue weighted by Gasteiger charge is -2.16. The van der Waals surface area contributed by atoms with Gasteiger partial charge in [0.15, 0.2) is 0 Å². The summed E-state index contributed by atoms with van der Waals surface area (Å²) in [4.78, 5) is 27.8. The molecule has 1 aliphatic rings. The lowest BCUT2D eigenvalue weighted by atomic mass is 10.0. The first-order valence-electron chi connectivity index (χ1n) is 9.90. The molecular weight excluding hydrogens is 411 g/mol. The van der Waals surface area contributed by atoms with E-state index in [2.05, 4.69) is 5.32 Å². The van der Waals surface area contributed by atoms with E-state index >= 15 is 0 Å². The van der Waals surface area contributed by atoms with Crippen LogP contribution >= 0.6 is 0 Å². The highest BCUT2D eigenvalue weighted by molar-refractivity contribution is 6.36. The van der Waals surface area contributed by atoms with E-state index in [4.69, 9.17) is 9.47 Å². The van der Waals surface area contributed by atoms with Crippen LogP contribution in [0.3, 0.4) is 0 Å². The average molecular weight is 432 g/mol. The molecular formula is C25H21FN2O4. The molecule has 3 aromatic carbocycles. The van der Waals surface area contributed by atoms with E-state index < -0.39 is 17.6 Å². The van der Waals surface area contributed by atoms with Crippen molar-refractivity contribution in [2.24, 2.45) is 0 Å². The van der Waals surface area contributed by atoms with Gasteiger partial charge in [0.25, 0.3) is 11.8 Å². The second-order valence-corrected chi connectivity index (χ2v) is 7.15. The van der Waals surface area contributed by atoms with Crippen molar-refractivity contribution in [1.82, 2.24) is 4.90 Å². The number of ether oxygens (including phenoxy) is 2. The first kappa shape index (κ1) is 21.1. The zero-order valence-corrected chi connectivity index (χ0v) is 17.6. The Morgan fingerprint density at radius 1 is 0.781 bits per heavy atom. The van der Waals surface area contributed by atoms with Gasteiger partial charge in [-0.2, -0.15) is 0 Å². The van der Waals surface area contributed by atoms with Gasteiger partial charge in [0, 0.05) is 5.69 Å². The molecule has 0 saturated carbocycles. The molecule has 162 valence electrons. The second-order valence-electron chi connectivity index (χ2n) is 7.15. The molecule has 32 heavy (non-hydrogen) atoms. The Kier molecular flexibility index (Phi) is 5.89. The van der Waals surface area contributed by atoms with Crippen molar-refractivity contribution in [3.8, 4) is 11.5 Å². The maximum Gasteiger partial charge on any atom is 0.278 e. The Bertz CT molecular complexity index is 1170. The average Bonchev–Trinajstić information content (AvgIpc) is 3.05. The standard InChI is InChI=1S/C25H21FN2O4/c1-31-20-11-3-16(4-12-20)15-28-24(29)22(17-5-7-18(26)8-6-17)23(25(28)30)27-19-9-13-21(32-2)14-10-19/h3-14,27H,15H2,1-2H3. The third-order valence-corrected chi connectivity index (χ3v) is 5.16. The van der Waals surface area contributed by atoms with Gasteiger partial charge >= 0.3 is 0 Å². The van der Waals surface area contributed by atoms with E-state index in [9.17, 15) is 14.0 Å². The van der Waals surface area contributed by atoms with Crippen LogP contribution in [0, 0.1) is 5.82 Å². The van der Waals surface area contributed by atoms with Gasteiger partial charge in [0.2, 0.25) is 0 Å². The number of amides is 2. The maximum atomic E-state index is 13.5. The number of methoxy groups -OCH3 is 2. The molecule has 4 rings (SSSR count). The van der Waals surface area contributed by atoms with Gasteiger partial charge in [-0.3, -0.25) is 14.5 Å². The summed E-state index contributed by atoms with van der Waals surface area (Å²) in [6, 6.07) is 19.6. The predicted molar refractivity (Wildman–Crippen MR) is 118 cm³/mol. The number of hydrogen-bond acceptors (Lipinski definition) is 5. The summed E-state index contributed by atoms with van der Waals surface area (Å²) < 4.78 is 23.8.